The molecule has 19 heavy (non-hydrogen) atoms. The number of nitrogens with zero attached hydrogens (tertiary/aromatic N) is 2. The van der Waals surface area contributed by atoms with E-state index in [1.807, 2.05) is 0 Å². The van der Waals surface area contributed by atoms with Gasteiger partial charge in [-0.1, -0.05) is 0 Å². The van der Waals surface area contributed by atoms with E-state index in [-0.39, 0.29) is 29.3 Å². The summed E-state index contributed by atoms with van der Waals surface area (Å²) in [6.45, 7) is 0. The fourth-order valence-corrected chi connectivity index (χ4v) is 3.28. The average molecular weight is 262 g/mol. The molecule has 2 N–H and O–H groups in total. The highest BCUT2D eigenvalue weighted by atomic mass is 16.4. The number of carboxylic acids is 1. The third kappa shape index (κ3) is 1.75. The van der Waals surface area contributed by atoms with Gasteiger partial charge >= 0.3 is 5.97 Å². The Kier molecular flexibility index (Phi) is 2.66. The SMILES string of the molecule is O=C(O)C1CC2CCC1N2C(=O)c1ccncc1O. The Labute approximate surface area is 109 Å². The Morgan fingerprint density at radius 2 is 2.16 bits per heavy atom. The van der Waals surface area contributed by atoms with Gasteiger partial charge in [0.05, 0.1) is 17.7 Å². The molecule has 2 saturated heterocycles. The zero-order chi connectivity index (χ0) is 13.6. The molecule has 0 radical (unpaired) electrons. The van der Waals surface area contributed by atoms with Crippen molar-refractivity contribution in [1.29, 1.82) is 0 Å². The Balaban J connectivity index is 1.90. The van der Waals surface area contributed by atoms with Crippen LogP contribution in [0.25, 0.3) is 0 Å². The van der Waals surface area contributed by atoms with E-state index >= 15 is 0 Å². The van der Waals surface area contributed by atoms with Gasteiger partial charge in [0.25, 0.3) is 5.91 Å². The zero-order valence-corrected chi connectivity index (χ0v) is 10.2. The maximum Gasteiger partial charge on any atom is 0.308 e. The topological polar surface area (TPSA) is 90.7 Å². The van der Waals surface area contributed by atoms with Crippen LogP contribution >= 0.6 is 0 Å². The molecule has 6 nitrogen and oxygen atoms in total. The van der Waals surface area contributed by atoms with Crippen molar-refractivity contribution in [3.63, 3.8) is 0 Å². The minimum Gasteiger partial charge on any atom is -0.505 e. The van der Waals surface area contributed by atoms with Crippen LogP contribution in [0.3, 0.4) is 0 Å². The molecule has 2 aliphatic rings. The molecule has 0 aromatic carbocycles. The number of amides is 1. The van der Waals surface area contributed by atoms with Gasteiger partial charge in [-0.15, -0.1) is 0 Å². The maximum atomic E-state index is 12.4. The monoisotopic (exact) mass is 262 g/mol. The lowest BCUT2D eigenvalue weighted by Crippen LogP contribution is -2.37. The van der Waals surface area contributed by atoms with E-state index in [2.05, 4.69) is 4.98 Å². The first-order valence-electron chi connectivity index (χ1n) is 6.28. The first-order valence-corrected chi connectivity index (χ1v) is 6.28. The van der Waals surface area contributed by atoms with Gasteiger partial charge in [-0.05, 0) is 25.3 Å². The van der Waals surface area contributed by atoms with Crippen molar-refractivity contribution in [2.24, 2.45) is 5.92 Å². The fraction of sp³-hybridized carbons (Fsp3) is 0.462. The standard InChI is InChI=1S/C13H14N2O4/c16-11-6-14-4-3-8(11)12(17)15-7-1-2-10(15)9(5-7)13(18)19/h3-4,6-7,9-10,16H,1-2,5H2,(H,18,19). The van der Waals surface area contributed by atoms with Gasteiger partial charge in [0.1, 0.15) is 5.75 Å². The molecule has 0 spiro atoms. The molecule has 3 rings (SSSR count). The second-order valence-electron chi connectivity index (χ2n) is 5.08. The Morgan fingerprint density at radius 1 is 1.37 bits per heavy atom. The van der Waals surface area contributed by atoms with Crippen LogP contribution in [0.4, 0.5) is 0 Å². The lowest BCUT2D eigenvalue weighted by molar-refractivity contribution is -0.142. The highest BCUT2D eigenvalue weighted by Crippen LogP contribution is 2.43. The van der Waals surface area contributed by atoms with E-state index in [1.165, 1.54) is 18.5 Å². The summed E-state index contributed by atoms with van der Waals surface area (Å²) in [5.41, 5.74) is 0.193. The van der Waals surface area contributed by atoms with Crippen molar-refractivity contribution in [3.05, 3.63) is 24.0 Å². The number of rotatable bonds is 2. The van der Waals surface area contributed by atoms with Crippen LogP contribution in [0, 0.1) is 5.92 Å². The van der Waals surface area contributed by atoms with Gasteiger partial charge in [0, 0.05) is 18.3 Å². The number of pyridine rings is 1. The van der Waals surface area contributed by atoms with Gasteiger partial charge in [0.15, 0.2) is 0 Å². The molecule has 3 atom stereocenters. The van der Waals surface area contributed by atoms with Crippen molar-refractivity contribution in [2.45, 2.75) is 31.3 Å². The molecule has 100 valence electrons. The minimum atomic E-state index is -0.844. The Bertz CT molecular complexity index is 545. The molecule has 2 bridgehead atoms. The number of hydrogen-bond acceptors (Lipinski definition) is 4. The molecule has 1 aromatic heterocycles. The third-order valence-electron chi connectivity index (χ3n) is 4.12. The van der Waals surface area contributed by atoms with Crippen LogP contribution in [-0.2, 0) is 4.79 Å². The highest BCUT2D eigenvalue weighted by molar-refractivity contribution is 5.97. The summed E-state index contributed by atoms with van der Waals surface area (Å²) in [5, 5.41) is 18.8. The summed E-state index contributed by atoms with van der Waals surface area (Å²) in [6.07, 6.45) is 4.74. The second kappa shape index (κ2) is 4.22. The number of carbonyl (C=O) groups is 2. The summed E-state index contributed by atoms with van der Waals surface area (Å²) >= 11 is 0. The second-order valence-corrected chi connectivity index (χ2v) is 5.08. The number of hydrogen-bond donors (Lipinski definition) is 2. The van der Waals surface area contributed by atoms with E-state index < -0.39 is 11.9 Å². The van der Waals surface area contributed by atoms with Gasteiger partial charge in [-0.3, -0.25) is 14.6 Å². The number of carbonyl (C=O) groups excluding carboxylic acids is 1. The summed E-state index contributed by atoms with van der Waals surface area (Å²) in [6, 6.07) is 1.19. The van der Waals surface area contributed by atoms with E-state index in [9.17, 15) is 14.7 Å². The predicted molar refractivity (Wildman–Crippen MR) is 64.6 cm³/mol. The quantitative estimate of drug-likeness (QED) is 0.825. The maximum absolute atomic E-state index is 12.4. The molecule has 1 amide bonds. The first kappa shape index (κ1) is 12.0. The number of fused-ring (bicyclic) bond motifs is 2. The molecule has 2 fully saturated rings. The smallest absolute Gasteiger partial charge is 0.308 e. The predicted octanol–water partition coefficient (Wildman–Crippen LogP) is 0.865. The molecule has 3 unspecified atom stereocenters. The molecular formula is C13H14N2O4. The fourth-order valence-electron chi connectivity index (χ4n) is 3.28. The Morgan fingerprint density at radius 3 is 2.79 bits per heavy atom. The molecule has 0 saturated carbocycles. The van der Waals surface area contributed by atoms with Gasteiger partial charge in [-0.2, -0.15) is 0 Å². The van der Waals surface area contributed by atoms with Gasteiger partial charge in [-0.25, -0.2) is 0 Å². The average Bonchev–Trinajstić information content (AvgIpc) is 2.96. The largest absolute Gasteiger partial charge is 0.505 e. The highest BCUT2D eigenvalue weighted by Gasteiger charge is 2.51. The lowest BCUT2D eigenvalue weighted by Gasteiger charge is -2.23. The van der Waals surface area contributed by atoms with Crippen molar-refractivity contribution in [3.8, 4) is 5.75 Å². The normalized spacial score (nSPS) is 28.6. The van der Waals surface area contributed by atoms with E-state index in [1.54, 1.807) is 4.90 Å². The van der Waals surface area contributed by atoms with Crippen molar-refractivity contribution in [1.82, 2.24) is 9.88 Å². The zero-order valence-electron chi connectivity index (χ0n) is 10.2. The molecule has 2 aliphatic heterocycles. The van der Waals surface area contributed by atoms with Crippen LogP contribution in [0.1, 0.15) is 29.6 Å². The number of aromatic hydroxyl groups is 1. The first-order chi connectivity index (χ1) is 9.09. The summed E-state index contributed by atoms with van der Waals surface area (Å²) in [7, 11) is 0. The number of aliphatic carboxylic acids is 1. The van der Waals surface area contributed by atoms with E-state index in [4.69, 9.17) is 5.11 Å². The minimum absolute atomic E-state index is 0.0221. The molecule has 3 heterocycles. The molecule has 6 heteroatoms. The van der Waals surface area contributed by atoms with E-state index in [0.29, 0.717) is 6.42 Å². The van der Waals surface area contributed by atoms with Crippen molar-refractivity contribution in [2.75, 3.05) is 0 Å². The van der Waals surface area contributed by atoms with Crippen molar-refractivity contribution < 1.29 is 19.8 Å². The summed E-state index contributed by atoms with van der Waals surface area (Å²) in [5.74, 6) is -1.78. The van der Waals surface area contributed by atoms with Crippen LogP contribution in [-0.4, -0.2) is 44.1 Å². The van der Waals surface area contributed by atoms with Crippen LogP contribution < -0.4 is 0 Å². The summed E-state index contributed by atoms with van der Waals surface area (Å²) < 4.78 is 0. The molecular weight excluding hydrogens is 248 g/mol. The number of aromatic nitrogens is 1. The van der Waals surface area contributed by atoms with Gasteiger partial charge < -0.3 is 15.1 Å². The molecule has 0 aliphatic carbocycles. The Hall–Kier alpha value is -2.11. The van der Waals surface area contributed by atoms with Gasteiger partial charge in [0.2, 0.25) is 0 Å². The number of carboxylic acid groups (broad SMARTS) is 1. The van der Waals surface area contributed by atoms with Crippen LogP contribution in [0.15, 0.2) is 18.5 Å². The summed E-state index contributed by atoms with van der Waals surface area (Å²) in [4.78, 5) is 29.0. The van der Waals surface area contributed by atoms with Crippen molar-refractivity contribution >= 4 is 11.9 Å². The molecule has 1 aromatic rings. The lowest BCUT2D eigenvalue weighted by atomic mass is 9.89. The van der Waals surface area contributed by atoms with E-state index in [0.717, 1.165) is 12.8 Å². The third-order valence-corrected chi connectivity index (χ3v) is 4.12. The van der Waals surface area contributed by atoms with Crippen LogP contribution in [0.2, 0.25) is 0 Å². The van der Waals surface area contributed by atoms with Crippen LogP contribution in [0.5, 0.6) is 5.75 Å².